The molecule has 0 aliphatic carbocycles. The number of aromatic nitrogens is 1. The Hall–Kier alpha value is -5.91. The SMILES string of the molecule is C[C@@H]1Cc2ccccc2CN1C(=O)c1cc2c(cc1-c1cc(C(=O)N(c3ccc(O)cc3)c3ccc(CN4CCCC(F)(F)C4)cc3)c3ccccn13)OCO2.Cl. The predicted molar refractivity (Wildman–Crippen MR) is 216 cm³/mol. The molecule has 292 valence electrons. The standard InChI is InChI=1S/C45H40F2N4O5.ClH/c1-29-21-31-7-2-3-8-32(31)26-50(29)43(53)37-24-42-41(55-28-56-42)23-36(37)40-22-38(39-9-4-5-20-49(39)40)44(54)51(34-14-16-35(52)17-15-34)33-12-10-30(11-13-33)25-48-19-6-18-45(46,47)27-48;/h2-5,7-17,20,22-24,29,52H,6,18-19,21,25-28H2,1H3;1H/t29-;/m1./s1. The van der Waals surface area contributed by atoms with Crippen molar-refractivity contribution in [1.29, 1.82) is 0 Å². The Bertz CT molecular complexity index is 2470. The van der Waals surface area contributed by atoms with Gasteiger partial charge in [0, 0.05) is 48.7 Å². The van der Waals surface area contributed by atoms with E-state index < -0.39 is 5.92 Å². The van der Waals surface area contributed by atoms with E-state index in [1.165, 1.54) is 17.7 Å². The Kier molecular flexibility index (Phi) is 10.1. The maximum absolute atomic E-state index is 15.0. The zero-order valence-corrected chi connectivity index (χ0v) is 32.1. The van der Waals surface area contributed by atoms with Crippen molar-refractivity contribution in [2.45, 2.75) is 51.2 Å². The zero-order valence-electron chi connectivity index (χ0n) is 31.2. The van der Waals surface area contributed by atoms with Crippen molar-refractivity contribution in [1.82, 2.24) is 14.2 Å². The summed E-state index contributed by atoms with van der Waals surface area (Å²) in [5.41, 5.74) is 6.92. The van der Waals surface area contributed by atoms with Crippen LogP contribution < -0.4 is 14.4 Å². The first-order chi connectivity index (χ1) is 27.1. The van der Waals surface area contributed by atoms with Gasteiger partial charge in [0.1, 0.15) is 5.75 Å². The summed E-state index contributed by atoms with van der Waals surface area (Å²) in [6.07, 6.45) is 2.94. The van der Waals surface area contributed by atoms with Crippen molar-refractivity contribution in [2.75, 3.05) is 24.8 Å². The number of anilines is 2. The average Bonchev–Trinajstić information content (AvgIpc) is 3.82. The van der Waals surface area contributed by atoms with Crippen LogP contribution in [0.2, 0.25) is 0 Å². The minimum absolute atomic E-state index is 0. The number of pyridine rings is 1. The highest BCUT2D eigenvalue weighted by atomic mass is 35.5. The molecular formula is C45H41ClF2N4O5. The number of hydrogen-bond donors (Lipinski definition) is 1. The second kappa shape index (κ2) is 15.2. The number of amides is 2. The van der Waals surface area contributed by atoms with E-state index in [-0.39, 0.29) is 55.8 Å². The molecule has 3 aliphatic heterocycles. The number of fused-ring (bicyclic) bond motifs is 3. The highest BCUT2D eigenvalue weighted by Crippen LogP contribution is 2.42. The largest absolute Gasteiger partial charge is 0.508 e. The maximum Gasteiger partial charge on any atom is 0.265 e. The van der Waals surface area contributed by atoms with Crippen LogP contribution in [0.4, 0.5) is 20.2 Å². The van der Waals surface area contributed by atoms with E-state index in [4.69, 9.17) is 9.47 Å². The van der Waals surface area contributed by atoms with Crippen LogP contribution in [-0.2, 0) is 19.5 Å². The molecule has 5 heterocycles. The van der Waals surface area contributed by atoms with Crippen molar-refractivity contribution >= 4 is 41.1 Å². The highest BCUT2D eigenvalue weighted by Gasteiger charge is 2.35. The quantitative estimate of drug-likeness (QED) is 0.174. The molecular weight excluding hydrogens is 750 g/mol. The third kappa shape index (κ3) is 7.29. The van der Waals surface area contributed by atoms with Crippen molar-refractivity contribution in [3.63, 3.8) is 0 Å². The Morgan fingerprint density at radius 3 is 2.28 bits per heavy atom. The lowest BCUT2D eigenvalue weighted by Gasteiger charge is -2.35. The molecule has 4 aromatic carbocycles. The van der Waals surface area contributed by atoms with Gasteiger partial charge in [-0.2, -0.15) is 0 Å². The number of carbonyl (C=O) groups excluding carboxylic acids is 2. The number of piperidine rings is 1. The normalized spacial score (nSPS) is 17.2. The summed E-state index contributed by atoms with van der Waals surface area (Å²) in [5, 5.41) is 10.1. The van der Waals surface area contributed by atoms with Crippen molar-refractivity contribution in [3.8, 4) is 28.5 Å². The summed E-state index contributed by atoms with van der Waals surface area (Å²) in [6.45, 7) is 3.24. The molecule has 6 aromatic rings. The van der Waals surface area contributed by atoms with Gasteiger partial charge in [0.15, 0.2) is 11.5 Å². The van der Waals surface area contributed by atoms with Gasteiger partial charge in [0.25, 0.3) is 17.7 Å². The summed E-state index contributed by atoms with van der Waals surface area (Å²) in [4.78, 5) is 34.9. The first-order valence-corrected chi connectivity index (χ1v) is 18.9. The Balaban J connectivity index is 0.00000455. The van der Waals surface area contributed by atoms with Crippen LogP contribution in [0.5, 0.6) is 17.2 Å². The van der Waals surface area contributed by atoms with Crippen LogP contribution in [0.15, 0.2) is 115 Å². The fourth-order valence-corrected chi connectivity index (χ4v) is 8.26. The van der Waals surface area contributed by atoms with Crippen LogP contribution >= 0.6 is 12.4 Å². The third-order valence-electron chi connectivity index (χ3n) is 11.1. The molecule has 0 radical (unpaired) electrons. The fourth-order valence-electron chi connectivity index (χ4n) is 8.26. The van der Waals surface area contributed by atoms with Crippen molar-refractivity contribution < 1.29 is 33.0 Å². The number of benzene rings is 4. The number of carbonyl (C=O) groups is 2. The smallest absolute Gasteiger partial charge is 0.265 e. The Labute approximate surface area is 335 Å². The number of ether oxygens (including phenoxy) is 2. The van der Waals surface area contributed by atoms with Crippen molar-refractivity contribution in [3.05, 3.63) is 143 Å². The van der Waals surface area contributed by atoms with E-state index in [9.17, 15) is 18.7 Å². The molecule has 1 saturated heterocycles. The van der Waals surface area contributed by atoms with Crippen molar-refractivity contribution in [2.24, 2.45) is 0 Å². The number of phenols is 1. The number of alkyl halides is 2. The van der Waals surface area contributed by atoms with E-state index in [0.717, 1.165) is 17.5 Å². The number of nitrogens with zero attached hydrogens (tertiary/aromatic N) is 4. The van der Waals surface area contributed by atoms with Gasteiger partial charge in [-0.1, -0.05) is 42.5 Å². The summed E-state index contributed by atoms with van der Waals surface area (Å²) in [6, 6.07) is 32.8. The van der Waals surface area contributed by atoms with Crippen LogP contribution in [0, 0.1) is 0 Å². The molecule has 12 heteroatoms. The van der Waals surface area contributed by atoms with Gasteiger partial charge < -0.3 is 23.9 Å². The van der Waals surface area contributed by atoms with Crippen LogP contribution in [0.25, 0.3) is 16.8 Å². The average molecular weight is 791 g/mol. The van der Waals surface area contributed by atoms with Crippen LogP contribution in [0.3, 0.4) is 0 Å². The molecule has 57 heavy (non-hydrogen) atoms. The van der Waals surface area contributed by atoms with Crippen LogP contribution in [0.1, 0.15) is 57.2 Å². The first-order valence-electron chi connectivity index (χ1n) is 18.9. The van der Waals surface area contributed by atoms with E-state index in [0.29, 0.717) is 76.8 Å². The number of rotatable bonds is 7. The molecule has 1 atom stereocenters. The fraction of sp³-hybridized carbons (Fsp3) is 0.244. The predicted octanol–water partition coefficient (Wildman–Crippen LogP) is 9.26. The first kappa shape index (κ1) is 38.0. The molecule has 0 spiro atoms. The molecule has 1 N–H and O–H groups in total. The Morgan fingerprint density at radius 2 is 1.54 bits per heavy atom. The molecule has 3 aliphatic rings. The van der Waals surface area contributed by atoms with E-state index in [1.807, 2.05) is 76.2 Å². The van der Waals surface area contributed by atoms with Gasteiger partial charge in [0.2, 0.25) is 6.79 Å². The summed E-state index contributed by atoms with van der Waals surface area (Å²) >= 11 is 0. The van der Waals surface area contributed by atoms with Gasteiger partial charge in [-0.05, 0) is 110 Å². The monoisotopic (exact) mass is 790 g/mol. The lowest BCUT2D eigenvalue weighted by atomic mass is 9.93. The number of likely N-dealkylation sites (tertiary alicyclic amines) is 1. The lowest BCUT2D eigenvalue weighted by Crippen LogP contribution is -2.42. The van der Waals surface area contributed by atoms with Gasteiger partial charge in [-0.15, -0.1) is 12.4 Å². The number of phenolic OH excluding ortho intramolecular Hbond substituents is 1. The van der Waals surface area contributed by atoms with Gasteiger partial charge >= 0.3 is 0 Å². The Morgan fingerprint density at radius 1 is 0.860 bits per heavy atom. The molecule has 0 saturated carbocycles. The molecule has 9 nitrogen and oxygen atoms in total. The summed E-state index contributed by atoms with van der Waals surface area (Å²) in [5.74, 6) is -2.16. The third-order valence-corrected chi connectivity index (χ3v) is 11.1. The number of hydrogen-bond acceptors (Lipinski definition) is 6. The lowest BCUT2D eigenvalue weighted by molar-refractivity contribution is -0.0661. The number of aromatic hydroxyl groups is 1. The van der Waals surface area contributed by atoms with Gasteiger partial charge in [-0.25, -0.2) is 8.78 Å². The molecule has 9 rings (SSSR count). The number of halogens is 3. The minimum Gasteiger partial charge on any atom is -0.508 e. The molecule has 0 bridgehead atoms. The topological polar surface area (TPSA) is 87.0 Å². The molecule has 1 fully saturated rings. The van der Waals surface area contributed by atoms with E-state index >= 15 is 4.79 Å². The van der Waals surface area contributed by atoms with E-state index in [2.05, 4.69) is 19.1 Å². The van der Waals surface area contributed by atoms with E-state index in [1.54, 1.807) is 34.1 Å². The highest BCUT2D eigenvalue weighted by molar-refractivity contribution is 6.16. The molecule has 0 unspecified atom stereocenters. The van der Waals surface area contributed by atoms with Gasteiger partial charge in [-0.3, -0.25) is 19.4 Å². The van der Waals surface area contributed by atoms with Gasteiger partial charge in [0.05, 0.1) is 28.9 Å². The molecule has 2 amide bonds. The summed E-state index contributed by atoms with van der Waals surface area (Å²) < 4.78 is 41.8. The summed E-state index contributed by atoms with van der Waals surface area (Å²) in [7, 11) is 0. The second-order valence-corrected chi connectivity index (χ2v) is 14.9. The van der Waals surface area contributed by atoms with Crippen LogP contribution in [-0.4, -0.2) is 63.0 Å². The zero-order chi connectivity index (χ0) is 38.6. The second-order valence-electron chi connectivity index (χ2n) is 14.9. The minimum atomic E-state index is -2.70. The maximum atomic E-state index is 15.0. The molecule has 2 aromatic heterocycles.